The van der Waals surface area contributed by atoms with E-state index < -0.39 is 0 Å². The van der Waals surface area contributed by atoms with Gasteiger partial charge in [0, 0.05) is 54.7 Å². The van der Waals surface area contributed by atoms with E-state index in [0.29, 0.717) is 17.8 Å². The monoisotopic (exact) mass is 905 g/mol. The molecule has 0 aliphatic carbocycles. The molecule has 9 aromatic carbocycles. The molecule has 0 bridgehead atoms. The minimum absolute atomic E-state index is 0.0288. The molecule has 332 valence electrons. The van der Waals surface area contributed by atoms with Crippen molar-refractivity contribution in [3.8, 4) is 5.69 Å². The third kappa shape index (κ3) is 6.45. The fourth-order valence-electron chi connectivity index (χ4n) is 12.1. The van der Waals surface area contributed by atoms with Crippen molar-refractivity contribution in [2.24, 2.45) is 0 Å². The highest BCUT2D eigenvalue weighted by molar-refractivity contribution is 8.00. The van der Waals surface area contributed by atoms with Gasteiger partial charge in [0.1, 0.15) is 0 Å². The van der Waals surface area contributed by atoms with Crippen LogP contribution in [0.5, 0.6) is 0 Å². The van der Waals surface area contributed by atoms with Crippen LogP contribution in [-0.4, -0.2) is 18.0 Å². The van der Waals surface area contributed by atoms with Crippen molar-refractivity contribution in [3.63, 3.8) is 0 Å². The van der Waals surface area contributed by atoms with Gasteiger partial charge in [-0.15, -0.1) is 0 Å². The van der Waals surface area contributed by atoms with Crippen LogP contribution in [0.3, 0.4) is 0 Å². The van der Waals surface area contributed by atoms with Crippen LogP contribution < -0.4 is 42.6 Å². The van der Waals surface area contributed by atoms with E-state index in [4.69, 9.17) is 0 Å². The average Bonchev–Trinajstić information content (AvgIpc) is 3.71. The van der Waals surface area contributed by atoms with E-state index in [2.05, 4.69) is 250 Å². The van der Waals surface area contributed by atoms with Gasteiger partial charge in [-0.2, -0.15) is 0 Å². The molecule has 0 unspecified atom stereocenters. The Bertz CT molecular complexity index is 3590. The van der Waals surface area contributed by atoms with E-state index in [1.54, 1.807) is 0 Å². The van der Waals surface area contributed by atoms with Gasteiger partial charge < -0.3 is 14.4 Å². The van der Waals surface area contributed by atoms with E-state index in [9.17, 15) is 0 Å². The first-order valence-electron chi connectivity index (χ1n) is 24.8. The maximum Gasteiger partial charge on any atom is 0.252 e. The Balaban J connectivity index is 1.15. The molecule has 0 radical (unpaired) electrons. The first-order valence-corrected chi connectivity index (χ1v) is 25.6. The molecule has 0 N–H and O–H groups in total. The van der Waals surface area contributed by atoms with Crippen LogP contribution >= 0.6 is 11.8 Å². The van der Waals surface area contributed by atoms with Crippen molar-refractivity contribution >= 4 is 114 Å². The molecule has 69 heavy (non-hydrogen) atoms. The molecule has 10 aromatic rings. The van der Waals surface area contributed by atoms with Gasteiger partial charge in [0.05, 0.1) is 16.7 Å². The van der Waals surface area contributed by atoms with Gasteiger partial charge in [-0.25, -0.2) is 0 Å². The van der Waals surface area contributed by atoms with E-state index in [1.165, 1.54) is 104 Å². The SMILES string of the molecule is CC(C)c1cc(C(C)C)c(B2c3ccccc3Sc3cc4c(cc32)B2c3ccccc3N(c3ccccc3)c3cc(-n5c6ccccc6c6ccccc65)cc(c32)N4c2ccccc2)c(C(C)C)c1. The molecule has 6 heteroatoms. The summed E-state index contributed by atoms with van der Waals surface area (Å²) in [6, 6.07) is 73.6. The molecule has 0 amide bonds. The smallest absolute Gasteiger partial charge is 0.252 e. The highest BCUT2D eigenvalue weighted by atomic mass is 32.2. The van der Waals surface area contributed by atoms with Crippen LogP contribution in [0.2, 0.25) is 0 Å². The predicted octanol–water partition coefficient (Wildman–Crippen LogP) is 13.2. The standard InChI is InChI=1S/C63H53B2N3S/c1-39(2)42-33-48(40(3)4)62(49(34-42)41(5)6)65-51-28-16-20-32-60(51)69-61-38-57-52(37-53(61)65)64-50-27-15-19-31-56(50)66(43-21-9-7-10-22-43)58-35-45(36-59(63(58)64)67(57)44-23-11-8-12-24-44)68-54-29-17-13-25-46(54)47-26-14-18-30-55(47)68/h7-41H,1-6H3. The van der Waals surface area contributed by atoms with Crippen LogP contribution in [0.25, 0.3) is 27.5 Å². The zero-order chi connectivity index (χ0) is 46.7. The number of hydrogen-bond acceptors (Lipinski definition) is 3. The Morgan fingerprint density at radius 2 is 0.870 bits per heavy atom. The Kier molecular flexibility index (Phi) is 9.89. The van der Waals surface area contributed by atoms with E-state index in [0.717, 1.165) is 17.1 Å². The van der Waals surface area contributed by atoms with Gasteiger partial charge in [-0.05, 0) is 118 Å². The largest absolute Gasteiger partial charge is 0.311 e. The molecule has 0 saturated carbocycles. The molecule has 13 rings (SSSR count). The third-order valence-electron chi connectivity index (χ3n) is 15.2. The van der Waals surface area contributed by atoms with Gasteiger partial charge in [-0.1, -0.05) is 197 Å². The average molecular weight is 906 g/mol. The van der Waals surface area contributed by atoms with Crippen molar-refractivity contribution in [1.29, 1.82) is 0 Å². The number of hydrogen-bond donors (Lipinski definition) is 0. The Labute approximate surface area is 411 Å². The molecule has 3 aliphatic heterocycles. The number of aromatic nitrogens is 1. The highest BCUT2D eigenvalue weighted by Crippen LogP contribution is 2.47. The van der Waals surface area contributed by atoms with Gasteiger partial charge in [-0.3, -0.25) is 0 Å². The van der Waals surface area contributed by atoms with Crippen LogP contribution in [0.1, 0.15) is 76.0 Å². The van der Waals surface area contributed by atoms with Gasteiger partial charge >= 0.3 is 0 Å². The molecule has 0 saturated heterocycles. The summed E-state index contributed by atoms with van der Waals surface area (Å²) in [5.41, 5.74) is 23.3. The van der Waals surface area contributed by atoms with E-state index in [1.807, 2.05) is 11.8 Å². The number of para-hydroxylation sites is 5. The van der Waals surface area contributed by atoms with Gasteiger partial charge in [0.15, 0.2) is 0 Å². The normalized spacial score (nSPS) is 13.6. The number of anilines is 6. The number of fused-ring (bicyclic) bond motifs is 9. The van der Waals surface area contributed by atoms with E-state index >= 15 is 0 Å². The summed E-state index contributed by atoms with van der Waals surface area (Å²) in [4.78, 5) is 7.79. The second kappa shape index (κ2) is 16.2. The fraction of sp³-hybridized carbons (Fsp3) is 0.143. The molecular weight excluding hydrogens is 852 g/mol. The van der Waals surface area contributed by atoms with Gasteiger partial charge in [0.2, 0.25) is 6.71 Å². The second-order valence-electron chi connectivity index (χ2n) is 20.2. The third-order valence-corrected chi connectivity index (χ3v) is 16.4. The molecule has 0 fully saturated rings. The minimum atomic E-state index is -0.0288. The summed E-state index contributed by atoms with van der Waals surface area (Å²) in [7, 11) is 0. The summed E-state index contributed by atoms with van der Waals surface area (Å²) in [5, 5.41) is 2.51. The number of rotatable bonds is 7. The van der Waals surface area contributed by atoms with Crippen LogP contribution in [0.15, 0.2) is 204 Å². The van der Waals surface area contributed by atoms with Crippen molar-refractivity contribution in [3.05, 3.63) is 211 Å². The summed E-state index contributed by atoms with van der Waals surface area (Å²) in [5.74, 6) is 1.16. The maximum absolute atomic E-state index is 2.66. The minimum Gasteiger partial charge on any atom is -0.311 e. The van der Waals surface area contributed by atoms with Crippen molar-refractivity contribution in [2.45, 2.75) is 69.1 Å². The number of nitrogens with zero attached hydrogens (tertiary/aromatic N) is 3. The van der Waals surface area contributed by atoms with Crippen molar-refractivity contribution in [1.82, 2.24) is 4.57 Å². The van der Waals surface area contributed by atoms with E-state index in [-0.39, 0.29) is 13.4 Å². The van der Waals surface area contributed by atoms with Crippen LogP contribution in [0.4, 0.5) is 34.1 Å². The lowest BCUT2D eigenvalue weighted by molar-refractivity contribution is 0.812. The predicted molar refractivity (Wildman–Crippen MR) is 299 cm³/mol. The fourth-order valence-corrected chi connectivity index (χ4v) is 13.2. The topological polar surface area (TPSA) is 11.4 Å². The van der Waals surface area contributed by atoms with Crippen molar-refractivity contribution in [2.75, 3.05) is 9.80 Å². The second-order valence-corrected chi connectivity index (χ2v) is 21.3. The quantitative estimate of drug-likeness (QED) is 0.148. The summed E-state index contributed by atoms with van der Waals surface area (Å²) in [6.45, 7) is 14.3. The van der Waals surface area contributed by atoms with Crippen molar-refractivity contribution < 1.29 is 0 Å². The summed E-state index contributed by atoms with van der Waals surface area (Å²) < 4.78 is 2.49. The number of benzene rings is 9. The molecule has 0 spiro atoms. The molecular formula is C63H53B2N3S. The molecule has 1 aromatic heterocycles. The van der Waals surface area contributed by atoms with Gasteiger partial charge in [0.25, 0.3) is 6.71 Å². The molecule has 0 atom stereocenters. The molecule has 3 nitrogen and oxygen atoms in total. The Morgan fingerprint density at radius 1 is 0.362 bits per heavy atom. The zero-order valence-electron chi connectivity index (χ0n) is 40.1. The lowest BCUT2D eigenvalue weighted by atomic mass is 9.31. The van der Waals surface area contributed by atoms with Crippen LogP contribution in [0, 0.1) is 0 Å². The first kappa shape index (κ1) is 42.0. The summed E-state index contributed by atoms with van der Waals surface area (Å²) in [6.07, 6.45) is 0. The highest BCUT2D eigenvalue weighted by Gasteiger charge is 2.46. The molecule has 4 heterocycles. The Morgan fingerprint density at radius 3 is 1.46 bits per heavy atom. The molecule has 3 aliphatic rings. The van der Waals surface area contributed by atoms with Crippen LogP contribution in [-0.2, 0) is 0 Å². The Hall–Kier alpha value is -7.14. The summed E-state index contributed by atoms with van der Waals surface area (Å²) >= 11 is 1.94. The maximum atomic E-state index is 2.66. The zero-order valence-corrected chi connectivity index (χ0v) is 40.9. The lowest BCUT2D eigenvalue weighted by Crippen LogP contribution is -2.64. The lowest BCUT2D eigenvalue weighted by Gasteiger charge is -2.45. The first-order chi connectivity index (χ1) is 33.7.